The molecule has 0 N–H and O–H groups in total. The normalized spacial score (nSPS) is 20.6. The second kappa shape index (κ2) is 4.53. The molecule has 98 valence electrons. The number of nitrogens with zero attached hydrogens (tertiary/aromatic N) is 1. The number of likely N-dealkylation sites (tertiary alicyclic amines) is 1. The molecule has 2 rings (SSSR count). The van der Waals surface area contributed by atoms with Crippen LogP contribution in [-0.4, -0.2) is 23.3 Å². The van der Waals surface area contributed by atoms with Crippen molar-refractivity contribution in [1.29, 1.82) is 0 Å². The van der Waals surface area contributed by atoms with E-state index in [-0.39, 0.29) is 28.9 Å². The van der Waals surface area contributed by atoms with Crippen LogP contribution in [0.1, 0.15) is 37.7 Å². The van der Waals surface area contributed by atoms with Crippen LogP contribution in [0.25, 0.3) is 0 Å². The van der Waals surface area contributed by atoms with Gasteiger partial charge in [0.2, 0.25) is 5.91 Å². The van der Waals surface area contributed by atoms with Gasteiger partial charge in [-0.15, -0.1) is 0 Å². The molecule has 1 aromatic rings. The maximum Gasteiger partial charge on any atom is 0.296 e. The first-order chi connectivity index (χ1) is 8.29. The van der Waals surface area contributed by atoms with Gasteiger partial charge in [-0.2, -0.15) is 0 Å². The quantitative estimate of drug-likeness (QED) is 0.749. The Morgan fingerprint density at radius 1 is 1.44 bits per heavy atom. The number of carbonyl (C=O) groups is 2. The van der Waals surface area contributed by atoms with E-state index in [1.54, 1.807) is 12.1 Å². The molecule has 1 aromatic heterocycles. The fourth-order valence-electron chi connectivity index (χ4n) is 2.05. The van der Waals surface area contributed by atoms with E-state index in [0.717, 1.165) is 0 Å². The minimum Gasteiger partial charge on any atom is -0.444 e. The summed E-state index contributed by atoms with van der Waals surface area (Å²) in [6, 6.07) is 3.22. The molecule has 1 unspecified atom stereocenters. The van der Waals surface area contributed by atoms with Crippen molar-refractivity contribution in [1.82, 2.24) is 4.90 Å². The molecule has 4 nitrogen and oxygen atoms in total. The SMILES string of the molecule is CC(C)(C)C1CC(=O)N(C(=O)c2ccc(Br)o2)C1. The molecule has 0 bridgehead atoms. The zero-order chi connectivity index (χ0) is 13.5. The number of imide groups is 1. The Bertz CT molecular complexity index is 487. The predicted molar refractivity (Wildman–Crippen MR) is 70.0 cm³/mol. The van der Waals surface area contributed by atoms with Crippen molar-refractivity contribution >= 4 is 27.7 Å². The van der Waals surface area contributed by atoms with Gasteiger partial charge in [-0.25, -0.2) is 0 Å². The number of halogens is 1. The van der Waals surface area contributed by atoms with E-state index in [1.807, 2.05) is 0 Å². The van der Waals surface area contributed by atoms with Crippen molar-refractivity contribution in [3.63, 3.8) is 0 Å². The van der Waals surface area contributed by atoms with Gasteiger partial charge in [0.15, 0.2) is 10.4 Å². The number of carbonyl (C=O) groups excluding carboxylic acids is 2. The molecule has 2 heterocycles. The van der Waals surface area contributed by atoms with E-state index >= 15 is 0 Å². The van der Waals surface area contributed by atoms with Gasteiger partial charge >= 0.3 is 0 Å². The van der Waals surface area contributed by atoms with Gasteiger partial charge < -0.3 is 4.42 Å². The minimum atomic E-state index is -0.350. The fourth-order valence-corrected chi connectivity index (χ4v) is 2.35. The van der Waals surface area contributed by atoms with Crippen molar-refractivity contribution in [2.45, 2.75) is 27.2 Å². The summed E-state index contributed by atoms with van der Waals surface area (Å²) >= 11 is 3.15. The van der Waals surface area contributed by atoms with Crippen LogP contribution in [0.5, 0.6) is 0 Å². The summed E-state index contributed by atoms with van der Waals surface area (Å²) in [5.41, 5.74) is 0.0223. The van der Waals surface area contributed by atoms with Crippen molar-refractivity contribution in [2.75, 3.05) is 6.54 Å². The molecule has 0 spiro atoms. The maximum absolute atomic E-state index is 12.1. The Kier molecular flexibility index (Phi) is 3.36. The van der Waals surface area contributed by atoms with E-state index in [2.05, 4.69) is 36.7 Å². The molecule has 0 saturated carbocycles. The average Bonchev–Trinajstić information content (AvgIpc) is 2.83. The summed E-state index contributed by atoms with van der Waals surface area (Å²) in [5, 5.41) is 0. The summed E-state index contributed by atoms with van der Waals surface area (Å²) in [5.74, 6) is -0.0676. The molecule has 1 aliphatic rings. The lowest BCUT2D eigenvalue weighted by molar-refractivity contribution is -0.125. The third kappa shape index (κ3) is 2.51. The number of rotatable bonds is 1. The van der Waals surface area contributed by atoms with Crippen molar-refractivity contribution in [2.24, 2.45) is 11.3 Å². The zero-order valence-electron chi connectivity index (χ0n) is 10.7. The molecule has 5 heteroatoms. The predicted octanol–water partition coefficient (Wildman–Crippen LogP) is 3.08. The molecule has 1 aliphatic heterocycles. The molecular weight excluding hydrogens is 298 g/mol. The van der Waals surface area contributed by atoms with Crippen LogP contribution in [0, 0.1) is 11.3 Å². The number of furan rings is 1. The van der Waals surface area contributed by atoms with Crippen LogP contribution < -0.4 is 0 Å². The molecule has 18 heavy (non-hydrogen) atoms. The largest absolute Gasteiger partial charge is 0.444 e. The summed E-state index contributed by atoms with van der Waals surface area (Å²) in [4.78, 5) is 25.3. The highest BCUT2D eigenvalue weighted by atomic mass is 79.9. The third-order valence-corrected chi connectivity index (χ3v) is 3.81. The van der Waals surface area contributed by atoms with Crippen LogP contribution in [0.15, 0.2) is 21.2 Å². The van der Waals surface area contributed by atoms with E-state index in [0.29, 0.717) is 17.6 Å². The first-order valence-electron chi connectivity index (χ1n) is 5.89. The first-order valence-corrected chi connectivity index (χ1v) is 6.68. The highest BCUT2D eigenvalue weighted by Crippen LogP contribution is 2.35. The smallest absolute Gasteiger partial charge is 0.296 e. The third-order valence-electron chi connectivity index (χ3n) is 3.38. The minimum absolute atomic E-state index is 0.0223. The van der Waals surface area contributed by atoms with E-state index < -0.39 is 0 Å². The van der Waals surface area contributed by atoms with Crippen LogP contribution in [-0.2, 0) is 4.79 Å². The second-order valence-electron chi connectivity index (χ2n) is 5.68. The zero-order valence-corrected chi connectivity index (χ0v) is 12.3. The average molecular weight is 314 g/mol. The number of hydrogen-bond acceptors (Lipinski definition) is 3. The van der Waals surface area contributed by atoms with Gasteiger partial charge in [-0.3, -0.25) is 14.5 Å². The summed E-state index contributed by atoms with van der Waals surface area (Å²) < 4.78 is 5.69. The Hall–Kier alpha value is -1.10. The van der Waals surface area contributed by atoms with Crippen LogP contribution in [0.3, 0.4) is 0 Å². The summed E-state index contributed by atoms with van der Waals surface area (Å²) in [6.07, 6.45) is 0.428. The number of amides is 2. The van der Waals surface area contributed by atoms with Gasteiger partial charge in [0.05, 0.1) is 0 Å². The monoisotopic (exact) mass is 313 g/mol. The first kappa shape index (κ1) is 13.3. The lowest BCUT2D eigenvalue weighted by Gasteiger charge is -2.25. The molecular formula is C13H16BrNO3. The van der Waals surface area contributed by atoms with Crippen LogP contribution >= 0.6 is 15.9 Å². The molecule has 2 amide bonds. The van der Waals surface area contributed by atoms with Crippen molar-refractivity contribution in [3.05, 3.63) is 22.6 Å². The van der Waals surface area contributed by atoms with Crippen molar-refractivity contribution < 1.29 is 14.0 Å². The Labute approximate surface area is 114 Å². The Morgan fingerprint density at radius 3 is 2.56 bits per heavy atom. The van der Waals surface area contributed by atoms with Crippen molar-refractivity contribution in [3.8, 4) is 0 Å². The molecule has 0 radical (unpaired) electrons. The highest BCUT2D eigenvalue weighted by molar-refractivity contribution is 9.10. The second-order valence-corrected chi connectivity index (χ2v) is 6.46. The van der Waals surface area contributed by atoms with E-state index in [9.17, 15) is 9.59 Å². The maximum atomic E-state index is 12.1. The van der Waals surface area contributed by atoms with E-state index in [1.165, 1.54) is 4.90 Å². The summed E-state index contributed by atoms with van der Waals surface area (Å²) in [6.45, 7) is 6.73. The van der Waals surface area contributed by atoms with Gasteiger partial charge in [-0.1, -0.05) is 20.8 Å². The lowest BCUT2D eigenvalue weighted by atomic mass is 9.80. The van der Waals surface area contributed by atoms with E-state index in [4.69, 9.17) is 4.42 Å². The molecule has 1 saturated heterocycles. The number of hydrogen-bond donors (Lipinski definition) is 0. The molecule has 1 atom stereocenters. The molecule has 0 aromatic carbocycles. The van der Waals surface area contributed by atoms with Gasteiger partial charge in [-0.05, 0) is 39.4 Å². The molecule has 0 aliphatic carbocycles. The highest BCUT2D eigenvalue weighted by Gasteiger charge is 2.40. The molecule has 1 fully saturated rings. The van der Waals surface area contributed by atoms with Crippen LogP contribution in [0.4, 0.5) is 0 Å². The summed E-state index contributed by atoms with van der Waals surface area (Å²) in [7, 11) is 0. The van der Waals surface area contributed by atoms with Gasteiger partial charge in [0.25, 0.3) is 5.91 Å². The van der Waals surface area contributed by atoms with Gasteiger partial charge in [0.1, 0.15) is 0 Å². The fraction of sp³-hybridized carbons (Fsp3) is 0.538. The Morgan fingerprint density at radius 2 is 2.11 bits per heavy atom. The standard InChI is InChI=1S/C13H16BrNO3/c1-13(2,3)8-6-11(16)15(7-8)12(17)9-4-5-10(14)18-9/h4-5,8H,6-7H2,1-3H3. The topological polar surface area (TPSA) is 50.5 Å². The van der Waals surface area contributed by atoms with Gasteiger partial charge in [0, 0.05) is 13.0 Å². The van der Waals surface area contributed by atoms with Crippen LogP contribution in [0.2, 0.25) is 0 Å². The lowest BCUT2D eigenvalue weighted by Crippen LogP contribution is -2.33. The Balaban J connectivity index is 2.15.